The lowest BCUT2D eigenvalue weighted by atomic mass is 10.2. The van der Waals surface area contributed by atoms with Gasteiger partial charge >= 0.3 is 5.97 Å². The fraction of sp³-hybridized carbons (Fsp3) is 0.409. The summed E-state index contributed by atoms with van der Waals surface area (Å²) < 4.78 is 10.3. The zero-order chi connectivity index (χ0) is 20.6. The fourth-order valence-corrected chi connectivity index (χ4v) is 3.45. The van der Waals surface area contributed by atoms with Crippen LogP contribution in [0.15, 0.2) is 48.5 Å². The molecule has 1 aliphatic heterocycles. The van der Waals surface area contributed by atoms with Gasteiger partial charge in [-0.15, -0.1) is 0 Å². The molecule has 0 spiro atoms. The number of ether oxygens (including phenoxy) is 2. The maximum Gasteiger partial charge on any atom is 0.337 e. The van der Waals surface area contributed by atoms with Crippen molar-refractivity contribution >= 4 is 17.6 Å². The number of piperazine rings is 1. The maximum absolute atomic E-state index is 11.4. The van der Waals surface area contributed by atoms with Gasteiger partial charge in [-0.1, -0.05) is 23.7 Å². The SMILES string of the molecule is COC(=O)c1ccc(OCC(O)CN2CCN(Cc3ccc(Cl)cc3)CC2)cc1. The largest absolute Gasteiger partial charge is 0.491 e. The summed E-state index contributed by atoms with van der Waals surface area (Å²) >= 11 is 5.94. The van der Waals surface area contributed by atoms with E-state index >= 15 is 0 Å². The van der Waals surface area contributed by atoms with E-state index in [9.17, 15) is 9.90 Å². The van der Waals surface area contributed by atoms with Crippen LogP contribution in [0.5, 0.6) is 5.75 Å². The Morgan fingerprint density at radius 2 is 1.66 bits per heavy atom. The third kappa shape index (κ3) is 6.72. The van der Waals surface area contributed by atoms with E-state index in [0.717, 1.165) is 37.7 Å². The molecule has 1 unspecified atom stereocenters. The van der Waals surface area contributed by atoms with Crippen LogP contribution in [0.1, 0.15) is 15.9 Å². The number of carbonyl (C=O) groups is 1. The third-order valence-electron chi connectivity index (χ3n) is 4.97. The molecule has 0 aromatic heterocycles. The molecule has 1 N–H and O–H groups in total. The summed E-state index contributed by atoms with van der Waals surface area (Å²) in [4.78, 5) is 16.1. The van der Waals surface area contributed by atoms with Crippen LogP contribution in [0.3, 0.4) is 0 Å². The summed E-state index contributed by atoms with van der Waals surface area (Å²) in [5, 5.41) is 11.1. The highest BCUT2D eigenvalue weighted by Gasteiger charge is 2.19. The van der Waals surface area contributed by atoms with E-state index in [1.807, 2.05) is 12.1 Å². The van der Waals surface area contributed by atoms with E-state index < -0.39 is 6.10 Å². The summed E-state index contributed by atoms with van der Waals surface area (Å²) in [5.41, 5.74) is 1.73. The molecular formula is C22H27ClN2O4. The van der Waals surface area contributed by atoms with Crippen LogP contribution < -0.4 is 4.74 Å². The molecule has 1 saturated heterocycles. The molecule has 1 aliphatic rings. The van der Waals surface area contributed by atoms with Gasteiger partial charge in [0.1, 0.15) is 18.5 Å². The number of aliphatic hydroxyl groups excluding tert-OH is 1. The molecule has 2 aromatic carbocycles. The Kier molecular flexibility index (Phi) is 7.89. The lowest BCUT2D eigenvalue weighted by molar-refractivity contribution is 0.0446. The van der Waals surface area contributed by atoms with Gasteiger partial charge in [-0.05, 0) is 42.0 Å². The zero-order valence-electron chi connectivity index (χ0n) is 16.6. The molecule has 0 amide bonds. The average molecular weight is 419 g/mol. The smallest absolute Gasteiger partial charge is 0.337 e. The topological polar surface area (TPSA) is 62.2 Å². The summed E-state index contributed by atoms with van der Waals surface area (Å²) in [6.45, 7) is 5.46. The first-order chi connectivity index (χ1) is 14.0. The van der Waals surface area contributed by atoms with Crippen molar-refractivity contribution in [1.82, 2.24) is 9.80 Å². The first-order valence-corrected chi connectivity index (χ1v) is 10.1. The maximum atomic E-state index is 11.4. The predicted molar refractivity (Wildman–Crippen MR) is 112 cm³/mol. The number of hydrogen-bond acceptors (Lipinski definition) is 6. The molecule has 3 rings (SSSR count). The second-order valence-corrected chi connectivity index (χ2v) is 7.62. The van der Waals surface area contributed by atoms with Crippen LogP contribution in [0, 0.1) is 0 Å². The summed E-state index contributed by atoms with van der Waals surface area (Å²) in [6, 6.07) is 14.7. The molecule has 7 heteroatoms. The van der Waals surface area contributed by atoms with Crippen LogP contribution in [0.4, 0.5) is 0 Å². The van der Waals surface area contributed by atoms with Crippen LogP contribution in [0.2, 0.25) is 5.02 Å². The number of β-amino-alcohol motifs (C(OH)–C–C–N with tert-alkyl or cyclic N) is 1. The Labute approximate surface area is 176 Å². The van der Waals surface area contributed by atoms with E-state index in [4.69, 9.17) is 16.3 Å². The molecule has 6 nitrogen and oxygen atoms in total. The van der Waals surface area contributed by atoms with Crippen molar-refractivity contribution in [3.8, 4) is 5.75 Å². The van der Waals surface area contributed by atoms with Crippen molar-refractivity contribution in [2.75, 3.05) is 46.4 Å². The second-order valence-electron chi connectivity index (χ2n) is 7.18. The number of hydrogen-bond donors (Lipinski definition) is 1. The average Bonchev–Trinajstić information content (AvgIpc) is 2.75. The van der Waals surface area contributed by atoms with E-state index in [2.05, 4.69) is 26.7 Å². The van der Waals surface area contributed by atoms with Gasteiger partial charge in [-0.25, -0.2) is 4.79 Å². The van der Waals surface area contributed by atoms with Crippen LogP contribution in [-0.4, -0.2) is 73.4 Å². The van der Waals surface area contributed by atoms with Gasteiger partial charge in [-0.3, -0.25) is 9.80 Å². The van der Waals surface area contributed by atoms with E-state index in [1.54, 1.807) is 24.3 Å². The van der Waals surface area contributed by atoms with Crippen molar-refractivity contribution in [2.45, 2.75) is 12.6 Å². The zero-order valence-corrected chi connectivity index (χ0v) is 17.3. The summed E-state index contributed by atoms with van der Waals surface area (Å²) in [5.74, 6) is 0.233. The molecule has 0 radical (unpaired) electrons. The lowest BCUT2D eigenvalue weighted by Crippen LogP contribution is -2.48. The second kappa shape index (κ2) is 10.6. The van der Waals surface area contributed by atoms with Gasteiger partial charge in [0.2, 0.25) is 0 Å². The van der Waals surface area contributed by atoms with Crippen molar-refractivity contribution < 1.29 is 19.4 Å². The fourth-order valence-electron chi connectivity index (χ4n) is 3.33. The van der Waals surface area contributed by atoms with Gasteiger partial charge in [0.15, 0.2) is 0 Å². The first kappa shape index (κ1) is 21.6. The van der Waals surface area contributed by atoms with Gasteiger partial charge in [-0.2, -0.15) is 0 Å². The van der Waals surface area contributed by atoms with Crippen molar-refractivity contribution in [3.63, 3.8) is 0 Å². The quantitative estimate of drug-likeness (QED) is 0.665. The highest BCUT2D eigenvalue weighted by atomic mass is 35.5. The first-order valence-electron chi connectivity index (χ1n) is 9.72. The molecular weight excluding hydrogens is 392 g/mol. The highest BCUT2D eigenvalue weighted by Crippen LogP contribution is 2.15. The monoisotopic (exact) mass is 418 g/mol. The van der Waals surface area contributed by atoms with Crippen LogP contribution in [0.25, 0.3) is 0 Å². The Morgan fingerprint density at radius 1 is 1.03 bits per heavy atom. The minimum Gasteiger partial charge on any atom is -0.491 e. The molecule has 156 valence electrons. The Morgan fingerprint density at radius 3 is 2.28 bits per heavy atom. The lowest BCUT2D eigenvalue weighted by Gasteiger charge is -2.35. The van der Waals surface area contributed by atoms with E-state index in [1.165, 1.54) is 12.7 Å². The number of methoxy groups -OCH3 is 1. The van der Waals surface area contributed by atoms with Gasteiger partial charge in [0.25, 0.3) is 0 Å². The molecule has 0 saturated carbocycles. The van der Waals surface area contributed by atoms with Crippen molar-refractivity contribution in [2.24, 2.45) is 0 Å². The number of benzene rings is 2. The molecule has 1 fully saturated rings. The highest BCUT2D eigenvalue weighted by molar-refractivity contribution is 6.30. The van der Waals surface area contributed by atoms with Crippen LogP contribution in [-0.2, 0) is 11.3 Å². The molecule has 2 aromatic rings. The minimum absolute atomic E-state index is 0.211. The van der Waals surface area contributed by atoms with Gasteiger partial charge in [0, 0.05) is 44.3 Å². The summed E-state index contributed by atoms with van der Waals surface area (Å²) in [7, 11) is 1.35. The Balaban J connectivity index is 1.36. The minimum atomic E-state index is -0.571. The molecule has 1 atom stereocenters. The predicted octanol–water partition coefficient (Wildman–Crippen LogP) is 2.68. The number of aliphatic hydroxyl groups is 1. The Bertz CT molecular complexity index is 774. The number of carbonyl (C=O) groups excluding carboxylic acids is 1. The molecule has 0 aliphatic carbocycles. The summed E-state index contributed by atoms with van der Waals surface area (Å²) in [6.07, 6.45) is -0.571. The normalized spacial score (nSPS) is 16.4. The van der Waals surface area contributed by atoms with Crippen molar-refractivity contribution in [1.29, 1.82) is 0 Å². The number of nitrogens with zero attached hydrogens (tertiary/aromatic N) is 2. The third-order valence-corrected chi connectivity index (χ3v) is 5.22. The number of rotatable bonds is 8. The Hall–Kier alpha value is -2.12. The number of halogens is 1. The van der Waals surface area contributed by atoms with Gasteiger partial charge in [0.05, 0.1) is 12.7 Å². The molecule has 29 heavy (non-hydrogen) atoms. The van der Waals surface area contributed by atoms with Crippen LogP contribution >= 0.6 is 11.6 Å². The van der Waals surface area contributed by atoms with E-state index in [0.29, 0.717) is 17.9 Å². The number of esters is 1. The molecule has 1 heterocycles. The van der Waals surface area contributed by atoms with Gasteiger partial charge < -0.3 is 14.6 Å². The van der Waals surface area contributed by atoms with Crippen molar-refractivity contribution in [3.05, 3.63) is 64.7 Å². The van der Waals surface area contributed by atoms with E-state index in [-0.39, 0.29) is 12.6 Å². The standard InChI is InChI=1S/C22H27ClN2O4/c1-28-22(27)18-4-8-21(9-5-18)29-16-20(26)15-25-12-10-24(11-13-25)14-17-2-6-19(23)7-3-17/h2-9,20,26H,10-16H2,1H3. The molecule has 0 bridgehead atoms.